The summed E-state index contributed by atoms with van der Waals surface area (Å²) in [7, 11) is 1.97. The first kappa shape index (κ1) is 26.6. The Balaban J connectivity index is 1.33. The van der Waals surface area contributed by atoms with Crippen molar-refractivity contribution in [3.63, 3.8) is 0 Å². The zero-order chi connectivity index (χ0) is 28.7. The first-order chi connectivity index (χ1) is 19.8. The number of nitrogen functional groups attached to an aromatic ring is 1. The van der Waals surface area contributed by atoms with Gasteiger partial charge in [-0.1, -0.05) is 30.3 Å². The third-order valence-corrected chi connectivity index (χ3v) is 7.61. The van der Waals surface area contributed by atoms with E-state index in [0.29, 0.717) is 48.2 Å². The van der Waals surface area contributed by atoms with E-state index in [1.807, 2.05) is 31.3 Å². The molecule has 0 unspecified atom stereocenters. The number of likely N-dealkylation sites (N-methyl/N-ethyl adjacent to an activating group) is 1. The summed E-state index contributed by atoms with van der Waals surface area (Å²) in [6.45, 7) is 3.10. The van der Waals surface area contributed by atoms with E-state index in [2.05, 4.69) is 14.9 Å². The molecule has 3 heterocycles. The van der Waals surface area contributed by atoms with Gasteiger partial charge in [0.2, 0.25) is 5.95 Å². The largest absolute Gasteiger partial charge is 0.445 e. The molecule has 2 aliphatic rings. The molecule has 1 fully saturated rings. The van der Waals surface area contributed by atoms with Gasteiger partial charge in [0.15, 0.2) is 11.6 Å². The van der Waals surface area contributed by atoms with Gasteiger partial charge >= 0.3 is 6.09 Å². The summed E-state index contributed by atoms with van der Waals surface area (Å²) in [6.07, 6.45) is -0.518. The zero-order valence-corrected chi connectivity index (χ0v) is 22.4. The molecule has 1 aromatic heterocycles. The van der Waals surface area contributed by atoms with Crippen LogP contribution in [0.15, 0.2) is 54.6 Å². The predicted molar refractivity (Wildman–Crippen MR) is 149 cm³/mol. The van der Waals surface area contributed by atoms with Crippen molar-refractivity contribution in [3.05, 3.63) is 88.6 Å². The standard InChI is InChI=1S/C30H28F2N6O3/c1-36-8-10-37(11-9-36)30(40)41-17-21-13-24(31)25(32)14-22(21)18-6-7-26-23(12-18)27(35-29(33)34-26)28(39)38-15-19-4-2-3-5-20(19)16-38/h2-7,12-14H,8-11,15-17H2,1H3,(H2,33,34,35). The normalized spacial score (nSPS) is 15.3. The van der Waals surface area contributed by atoms with Crippen molar-refractivity contribution < 1.29 is 23.1 Å². The van der Waals surface area contributed by atoms with Gasteiger partial charge < -0.3 is 25.2 Å². The van der Waals surface area contributed by atoms with Crippen molar-refractivity contribution in [2.24, 2.45) is 0 Å². The Morgan fingerprint density at radius 2 is 1.59 bits per heavy atom. The molecule has 0 aliphatic carbocycles. The number of rotatable bonds is 4. The minimum atomic E-state index is -1.05. The Hall–Kier alpha value is -4.64. The van der Waals surface area contributed by atoms with Gasteiger partial charge in [-0.3, -0.25) is 4.79 Å². The fourth-order valence-electron chi connectivity index (χ4n) is 5.30. The van der Waals surface area contributed by atoms with Crippen molar-refractivity contribution in [3.8, 4) is 11.1 Å². The first-order valence-electron chi connectivity index (χ1n) is 13.3. The fourth-order valence-corrected chi connectivity index (χ4v) is 5.30. The van der Waals surface area contributed by atoms with Crippen LogP contribution in [0.3, 0.4) is 0 Å². The summed E-state index contributed by atoms with van der Waals surface area (Å²) < 4.78 is 34.3. The van der Waals surface area contributed by atoms with E-state index in [1.165, 1.54) is 0 Å². The molecule has 0 saturated carbocycles. The number of benzene rings is 3. The number of hydrogen-bond donors (Lipinski definition) is 1. The maximum atomic E-state index is 14.5. The molecule has 0 spiro atoms. The second-order valence-corrected chi connectivity index (χ2v) is 10.4. The van der Waals surface area contributed by atoms with Gasteiger partial charge in [0, 0.05) is 50.2 Å². The van der Waals surface area contributed by atoms with Crippen molar-refractivity contribution in [1.82, 2.24) is 24.7 Å². The molecule has 1 saturated heterocycles. The third kappa shape index (κ3) is 5.28. The number of carbonyl (C=O) groups is 2. The molecule has 0 bridgehead atoms. The number of nitrogens with two attached hydrogens (primary N) is 1. The molecule has 2 N–H and O–H groups in total. The lowest BCUT2D eigenvalue weighted by Crippen LogP contribution is -2.47. The summed E-state index contributed by atoms with van der Waals surface area (Å²) in [4.78, 5) is 40.2. The lowest BCUT2D eigenvalue weighted by atomic mass is 9.97. The van der Waals surface area contributed by atoms with Crippen LogP contribution in [0.2, 0.25) is 0 Å². The van der Waals surface area contributed by atoms with Crippen LogP contribution in [0.1, 0.15) is 27.2 Å². The highest BCUT2D eigenvalue weighted by molar-refractivity contribution is 6.06. The highest BCUT2D eigenvalue weighted by Gasteiger charge is 2.27. The number of piperazine rings is 1. The van der Waals surface area contributed by atoms with Gasteiger partial charge in [-0.25, -0.2) is 23.5 Å². The third-order valence-electron chi connectivity index (χ3n) is 7.61. The number of aromatic nitrogens is 2. The topological polar surface area (TPSA) is 105 Å². The number of fused-ring (bicyclic) bond motifs is 2. The van der Waals surface area contributed by atoms with Gasteiger partial charge in [0.05, 0.1) is 5.52 Å². The maximum absolute atomic E-state index is 14.5. The molecule has 11 heteroatoms. The van der Waals surface area contributed by atoms with Gasteiger partial charge in [-0.15, -0.1) is 0 Å². The second-order valence-electron chi connectivity index (χ2n) is 10.4. The van der Waals surface area contributed by atoms with Gasteiger partial charge in [-0.2, -0.15) is 0 Å². The van der Waals surface area contributed by atoms with Crippen LogP contribution in [0, 0.1) is 11.6 Å². The SMILES string of the molecule is CN1CCN(C(=O)OCc2cc(F)c(F)cc2-c2ccc3nc(N)nc(C(=O)N4Cc5ccccc5C4)c3c2)CC1. The molecule has 2 amide bonds. The molecule has 6 rings (SSSR count). The average Bonchev–Trinajstić information content (AvgIpc) is 3.41. The van der Waals surface area contributed by atoms with Crippen LogP contribution >= 0.6 is 0 Å². The lowest BCUT2D eigenvalue weighted by Gasteiger charge is -2.31. The first-order valence-corrected chi connectivity index (χ1v) is 13.3. The smallest absolute Gasteiger partial charge is 0.410 e. The van der Waals surface area contributed by atoms with Crippen molar-refractivity contribution in [1.29, 1.82) is 0 Å². The molecule has 41 heavy (non-hydrogen) atoms. The van der Waals surface area contributed by atoms with Crippen LogP contribution in [0.25, 0.3) is 22.0 Å². The van der Waals surface area contributed by atoms with Crippen molar-refractivity contribution in [2.45, 2.75) is 19.7 Å². The number of hydrogen-bond acceptors (Lipinski definition) is 7. The van der Waals surface area contributed by atoms with E-state index in [0.717, 1.165) is 36.3 Å². The predicted octanol–water partition coefficient (Wildman–Crippen LogP) is 4.20. The minimum absolute atomic E-state index is 0.0466. The highest BCUT2D eigenvalue weighted by atomic mass is 19.2. The van der Waals surface area contributed by atoms with E-state index in [-0.39, 0.29) is 29.7 Å². The Labute approximate surface area is 235 Å². The Kier molecular flexibility index (Phi) is 6.96. The number of halogens is 2. The van der Waals surface area contributed by atoms with Gasteiger partial charge in [-0.05, 0) is 53.6 Å². The Morgan fingerprint density at radius 1 is 0.902 bits per heavy atom. The van der Waals surface area contributed by atoms with E-state index in [4.69, 9.17) is 10.5 Å². The Bertz CT molecular complexity index is 1650. The molecule has 3 aromatic carbocycles. The maximum Gasteiger partial charge on any atom is 0.410 e. The van der Waals surface area contributed by atoms with Gasteiger partial charge in [0.25, 0.3) is 5.91 Å². The van der Waals surface area contributed by atoms with Crippen LogP contribution in [-0.4, -0.2) is 69.9 Å². The van der Waals surface area contributed by atoms with Crippen LogP contribution < -0.4 is 5.73 Å². The Morgan fingerprint density at radius 3 is 2.29 bits per heavy atom. The van der Waals surface area contributed by atoms with E-state index >= 15 is 0 Å². The highest BCUT2D eigenvalue weighted by Crippen LogP contribution is 2.32. The molecule has 2 aliphatic heterocycles. The van der Waals surface area contributed by atoms with E-state index < -0.39 is 17.7 Å². The average molecular weight is 559 g/mol. The monoisotopic (exact) mass is 558 g/mol. The molecule has 9 nitrogen and oxygen atoms in total. The summed E-state index contributed by atoms with van der Waals surface area (Å²) in [5.41, 5.74) is 9.71. The van der Waals surface area contributed by atoms with E-state index in [1.54, 1.807) is 28.0 Å². The number of carbonyl (C=O) groups excluding carboxylic acids is 2. The molecule has 0 atom stereocenters. The van der Waals surface area contributed by atoms with Crippen LogP contribution in [-0.2, 0) is 24.4 Å². The molecular weight excluding hydrogens is 530 g/mol. The molecule has 0 radical (unpaired) electrons. The fraction of sp³-hybridized carbons (Fsp3) is 0.267. The number of ether oxygens (including phenoxy) is 1. The second kappa shape index (κ2) is 10.7. The van der Waals surface area contributed by atoms with Crippen LogP contribution in [0.4, 0.5) is 19.5 Å². The van der Waals surface area contributed by atoms with Crippen molar-refractivity contribution in [2.75, 3.05) is 39.0 Å². The van der Waals surface area contributed by atoms with Crippen molar-refractivity contribution >= 4 is 28.9 Å². The number of amides is 2. The quantitative estimate of drug-likeness (QED) is 0.400. The number of nitrogens with zero attached hydrogens (tertiary/aromatic N) is 5. The summed E-state index contributed by atoms with van der Waals surface area (Å²) in [5.74, 6) is -2.46. The zero-order valence-electron chi connectivity index (χ0n) is 22.4. The molecule has 4 aromatic rings. The van der Waals surface area contributed by atoms with Gasteiger partial charge in [0.1, 0.15) is 12.3 Å². The van der Waals surface area contributed by atoms with E-state index in [9.17, 15) is 18.4 Å². The summed E-state index contributed by atoms with van der Waals surface area (Å²) in [6, 6.07) is 14.9. The summed E-state index contributed by atoms with van der Waals surface area (Å²) in [5, 5.41) is 0.419. The summed E-state index contributed by atoms with van der Waals surface area (Å²) >= 11 is 0. The lowest BCUT2D eigenvalue weighted by molar-refractivity contribution is 0.0746. The molecular formula is C30H28F2N6O3. The molecule has 210 valence electrons. The minimum Gasteiger partial charge on any atom is -0.445 e. The number of anilines is 1. The van der Waals surface area contributed by atoms with Crippen LogP contribution in [0.5, 0.6) is 0 Å².